The summed E-state index contributed by atoms with van der Waals surface area (Å²) in [4.78, 5) is 12.2. The molecule has 9 rings (SSSR count). The Morgan fingerprint density at radius 1 is 0.689 bits per heavy atom. The van der Waals surface area contributed by atoms with Crippen LogP contribution in [0.25, 0.3) is 0 Å². The summed E-state index contributed by atoms with van der Waals surface area (Å²) >= 11 is 0. The van der Waals surface area contributed by atoms with E-state index >= 15 is 0 Å². The minimum Gasteiger partial charge on any atom is -0.389 e. The number of carbonyl (C=O) groups is 1. The summed E-state index contributed by atoms with van der Waals surface area (Å²) in [5.74, 6) is 2.12. The van der Waals surface area contributed by atoms with E-state index in [0.717, 1.165) is 51.4 Å². The van der Waals surface area contributed by atoms with E-state index in [0.29, 0.717) is 42.7 Å². The summed E-state index contributed by atoms with van der Waals surface area (Å²) in [6.07, 6.45) is 27.3. The van der Waals surface area contributed by atoms with Crippen molar-refractivity contribution in [2.75, 3.05) is 13.2 Å². The van der Waals surface area contributed by atoms with Gasteiger partial charge in [-0.2, -0.15) is 0 Å². The molecule has 2 saturated carbocycles. The number of ketones is 1. The lowest BCUT2D eigenvalue weighted by Crippen LogP contribution is -2.50. The van der Waals surface area contributed by atoms with Gasteiger partial charge in [-0.1, -0.05) is 61.4 Å². The third-order valence-corrected chi connectivity index (χ3v) is 14.7. The first kappa shape index (κ1) is 30.3. The van der Waals surface area contributed by atoms with Crippen LogP contribution >= 0.6 is 0 Å². The van der Waals surface area contributed by atoms with Gasteiger partial charge in [0.2, 0.25) is 0 Å². The van der Waals surface area contributed by atoms with Crippen molar-refractivity contribution in [1.29, 1.82) is 0 Å². The second-order valence-electron chi connectivity index (χ2n) is 16.6. The molecule has 4 unspecified atom stereocenters. The first-order valence-electron chi connectivity index (χ1n) is 17.9. The van der Waals surface area contributed by atoms with Gasteiger partial charge in [-0.25, -0.2) is 0 Å². The molecule has 45 heavy (non-hydrogen) atoms. The van der Waals surface area contributed by atoms with Crippen LogP contribution in [-0.4, -0.2) is 47.2 Å². The molecule has 0 aromatic heterocycles. The van der Waals surface area contributed by atoms with Crippen LogP contribution in [0.2, 0.25) is 0 Å². The summed E-state index contributed by atoms with van der Waals surface area (Å²) in [5, 5.41) is 20.0. The topological polar surface area (TPSA) is 76.0 Å². The van der Waals surface area contributed by atoms with Crippen molar-refractivity contribution < 1.29 is 24.5 Å². The van der Waals surface area contributed by atoms with Gasteiger partial charge in [0.25, 0.3) is 0 Å². The summed E-state index contributed by atoms with van der Waals surface area (Å²) in [7, 11) is 0. The van der Waals surface area contributed by atoms with Gasteiger partial charge in [0.1, 0.15) is 0 Å². The van der Waals surface area contributed by atoms with Gasteiger partial charge >= 0.3 is 0 Å². The van der Waals surface area contributed by atoms with Crippen LogP contribution in [0.15, 0.2) is 70.9 Å². The second kappa shape index (κ2) is 10.2. The number of rotatable bonds is 0. The maximum absolute atomic E-state index is 12.2. The van der Waals surface area contributed by atoms with Crippen LogP contribution < -0.4 is 0 Å². The molecule has 0 bridgehead atoms. The van der Waals surface area contributed by atoms with Crippen molar-refractivity contribution in [3.05, 3.63) is 70.9 Å². The smallest absolute Gasteiger partial charge is 0.197 e. The average Bonchev–Trinajstić information content (AvgIpc) is 3.71. The van der Waals surface area contributed by atoms with Crippen LogP contribution in [-0.2, 0) is 14.3 Å². The molecular formula is C40H52O5. The molecule has 5 nitrogen and oxygen atoms in total. The van der Waals surface area contributed by atoms with Gasteiger partial charge in [-0.3, -0.25) is 4.79 Å². The van der Waals surface area contributed by atoms with E-state index in [2.05, 4.69) is 58.1 Å². The quantitative estimate of drug-likeness (QED) is 0.280. The molecule has 0 aromatic carbocycles. The number of fused-ring (bicyclic) bond motifs is 9. The first-order valence-corrected chi connectivity index (χ1v) is 17.9. The molecule has 10 atom stereocenters. The molecule has 0 radical (unpaired) electrons. The van der Waals surface area contributed by atoms with Crippen LogP contribution in [0.3, 0.4) is 0 Å². The Morgan fingerprint density at radius 3 is 1.84 bits per heavy atom. The highest BCUT2D eigenvalue weighted by Gasteiger charge is 2.61. The molecule has 5 heteroatoms. The van der Waals surface area contributed by atoms with Crippen molar-refractivity contribution in [3.8, 4) is 0 Å². The SMILES string of the molecule is C[C@]12C=C[C@H](O)CC1CCC1=C3C=CC4(OCCO4)[C@@]3(C)CCC12.C[C@]12CCC3C(=C1C=CC2=O)CCC1C[C@@H](O)C=C[C@@]13C. The number of carbonyl (C=O) groups excluding carboxylic acids is 1. The Bertz CT molecular complexity index is 1470. The lowest BCUT2D eigenvalue weighted by molar-refractivity contribution is -0.183. The highest BCUT2D eigenvalue weighted by Crippen LogP contribution is 2.65. The van der Waals surface area contributed by atoms with Gasteiger partial charge in [0.15, 0.2) is 11.6 Å². The van der Waals surface area contributed by atoms with Gasteiger partial charge in [-0.05, 0) is 136 Å². The van der Waals surface area contributed by atoms with Crippen molar-refractivity contribution in [1.82, 2.24) is 0 Å². The van der Waals surface area contributed by atoms with Gasteiger partial charge in [0, 0.05) is 0 Å². The van der Waals surface area contributed by atoms with Crippen LogP contribution in [0.5, 0.6) is 0 Å². The average molecular weight is 613 g/mol. The number of ether oxygens (including phenoxy) is 2. The summed E-state index contributed by atoms with van der Waals surface area (Å²) < 4.78 is 12.2. The lowest BCUT2D eigenvalue weighted by Gasteiger charge is -2.55. The maximum atomic E-state index is 12.2. The highest BCUT2D eigenvalue weighted by molar-refractivity contribution is 6.01. The summed E-state index contributed by atoms with van der Waals surface area (Å²) in [5.41, 5.74) is 6.07. The first-order chi connectivity index (χ1) is 21.4. The standard InChI is InChI=1S/C21H28O3.C19H24O2/c1-19-8-5-15(22)13-14(19)3-4-16-17(19)6-9-20(2)18(16)7-10-21(20)23-11-12-24-21;1-18-9-7-13(20)11-12(18)3-4-14-15-5-6-17(21)19(15,2)10-8-16(14)18/h5,7-8,10,14-15,17,22H,3-4,6,9,11-13H2,1-2H3;5-7,9,12-13,16,20H,3-4,8,10-11H2,1-2H3/t14?,15-,17?,19-,20-;12?,13-,16?,18-,19-/m00/s1. The number of hydrogen-bond donors (Lipinski definition) is 2. The largest absolute Gasteiger partial charge is 0.389 e. The molecule has 0 aromatic rings. The molecule has 0 amide bonds. The fourth-order valence-electron chi connectivity index (χ4n) is 11.8. The minimum absolute atomic E-state index is 0.0313. The molecule has 2 N–H and O–H groups in total. The molecule has 1 spiro atoms. The molecular weight excluding hydrogens is 560 g/mol. The van der Waals surface area contributed by atoms with Crippen LogP contribution in [0.1, 0.15) is 91.9 Å². The Hall–Kier alpha value is -2.05. The molecule has 1 aliphatic heterocycles. The summed E-state index contributed by atoms with van der Waals surface area (Å²) in [6.45, 7) is 10.7. The van der Waals surface area contributed by atoms with E-state index in [1.807, 2.05) is 12.2 Å². The molecule has 3 fully saturated rings. The van der Waals surface area contributed by atoms with E-state index < -0.39 is 5.79 Å². The predicted molar refractivity (Wildman–Crippen MR) is 175 cm³/mol. The highest BCUT2D eigenvalue weighted by atomic mass is 16.7. The third kappa shape index (κ3) is 4.15. The Balaban J connectivity index is 0.000000135. The number of allylic oxidation sites excluding steroid dienone is 8. The zero-order valence-electron chi connectivity index (χ0n) is 27.7. The van der Waals surface area contributed by atoms with E-state index in [1.54, 1.807) is 11.6 Å². The molecule has 1 heterocycles. The zero-order valence-corrected chi connectivity index (χ0v) is 27.7. The third-order valence-electron chi connectivity index (χ3n) is 14.7. The van der Waals surface area contributed by atoms with Gasteiger partial charge < -0.3 is 19.7 Å². The normalized spacial score (nSPS) is 48.4. The Kier molecular flexibility index (Phi) is 6.88. The second-order valence-corrected chi connectivity index (χ2v) is 16.6. The number of hydrogen-bond acceptors (Lipinski definition) is 5. The molecule has 1 saturated heterocycles. The number of aliphatic hydroxyl groups excluding tert-OH is 2. The fourth-order valence-corrected chi connectivity index (χ4v) is 11.8. The molecule has 242 valence electrons. The van der Waals surface area contributed by atoms with Crippen molar-refractivity contribution in [2.45, 2.75) is 110 Å². The minimum atomic E-state index is -0.517. The van der Waals surface area contributed by atoms with Crippen LogP contribution in [0.4, 0.5) is 0 Å². The Morgan fingerprint density at radius 2 is 1.24 bits per heavy atom. The van der Waals surface area contributed by atoms with Gasteiger partial charge in [-0.15, -0.1) is 0 Å². The van der Waals surface area contributed by atoms with E-state index in [1.165, 1.54) is 29.6 Å². The van der Waals surface area contributed by atoms with Crippen molar-refractivity contribution in [2.24, 2.45) is 45.3 Å². The Labute approximate surface area is 269 Å². The predicted octanol–water partition coefficient (Wildman–Crippen LogP) is 7.32. The van der Waals surface area contributed by atoms with Crippen molar-refractivity contribution in [3.63, 3.8) is 0 Å². The van der Waals surface area contributed by atoms with Crippen LogP contribution in [0, 0.1) is 45.3 Å². The molecule has 8 aliphatic carbocycles. The molecule has 9 aliphatic rings. The van der Waals surface area contributed by atoms with E-state index in [4.69, 9.17) is 9.47 Å². The monoisotopic (exact) mass is 612 g/mol. The summed E-state index contributed by atoms with van der Waals surface area (Å²) in [6, 6.07) is 0. The van der Waals surface area contributed by atoms with E-state index in [-0.39, 0.29) is 33.9 Å². The van der Waals surface area contributed by atoms with E-state index in [9.17, 15) is 15.0 Å². The zero-order chi connectivity index (χ0) is 31.4. The fraction of sp³-hybridized carbons (Fsp3) is 0.675. The van der Waals surface area contributed by atoms with Crippen molar-refractivity contribution >= 4 is 5.78 Å². The number of aliphatic hydroxyl groups is 2. The maximum Gasteiger partial charge on any atom is 0.197 e. The van der Waals surface area contributed by atoms with Gasteiger partial charge in [0.05, 0.1) is 36.3 Å². The lowest BCUT2D eigenvalue weighted by atomic mass is 9.51.